The molecule has 1 aliphatic heterocycles. The van der Waals surface area contributed by atoms with Crippen molar-refractivity contribution < 1.29 is 4.79 Å². The zero-order chi connectivity index (χ0) is 18.5. The lowest BCUT2D eigenvalue weighted by Crippen LogP contribution is -2.17. The van der Waals surface area contributed by atoms with Gasteiger partial charge >= 0.3 is 0 Å². The second-order valence-electron chi connectivity index (χ2n) is 6.79. The number of hydrogen-bond acceptors (Lipinski definition) is 3. The van der Waals surface area contributed by atoms with Gasteiger partial charge in [0.2, 0.25) is 0 Å². The van der Waals surface area contributed by atoms with Gasteiger partial charge in [-0.3, -0.25) is 4.79 Å². The summed E-state index contributed by atoms with van der Waals surface area (Å²) in [4.78, 5) is 14.8. The van der Waals surface area contributed by atoms with E-state index in [1.165, 1.54) is 18.5 Å². The van der Waals surface area contributed by atoms with Crippen LogP contribution in [0.1, 0.15) is 29.5 Å². The average Bonchev–Trinajstić information content (AvgIpc) is 3.13. The summed E-state index contributed by atoms with van der Waals surface area (Å²) in [7, 11) is 0. The third-order valence-electron chi connectivity index (χ3n) is 4.52. The average molecular weight is 345 g/mol. The normalized spacial score (nSPS) is 14.2. The molecule has 0 bridgehead atoms. The number of benzene rings is 2. The van der Waals surface area contributed by atoms with Crippen molar-refractivity contribution in [1.29, 1.82) is 5.26 Å². The molecule has 1 fully saturated rings. The summed E-state index contributed by atoms with van der Waals surface area (Å²) in [5.41, 5.74) is 4.98. The Bertz CT molecular complexity index is 849. The van der Waals surface area contributed by atoms with Crippen LogP contribution in [0.5, 0.6) is 0 Å². The number of carbonyl (C=O) groups excluding carboxylic acids is 1. The maximum Gasteiger partial charge on any atom is 0.266 e. The molecule has 1 aliphatic rings. The molecule has 0 unspecified atom stereocenters. The van der Waals surface area contributed by atoms with Crippen molar-refractivity contribution in [1.82, 2.24) is 0 Å². The van der Waals surface area contributed by atoms with Crippen molar-refractivity contribution in [2.75, 3.05) is 23.3 Å². The predicted octanol–water partition coefficient (Wildman–Crippen LogP) is 4.45. The Morgan fingerprint density at radius 3 is 2.27 bits per heavy atom. The number of nitrogens with one attached hydrogen (secondary N) is 1. The second kappa shape index (κ2) is 7.88. The molecular formula is C22H23N3O. The molecule has 132 valence electrons. The van der Waals surface area contributed by atoms with Crippen LogP contribution in [0.25, 0.3) is 6.08 Å². The molecule has 3 rings (SSSR count). The minimum Gasteiger partial charge on any atom is -0.372 e. The summed E-state index contributed by atoms with van der Waals surface area (Å²) in [5, 5.41) is 12.2. The van der Waals surface area contributed by atoms with Gasteiger partial charge in [0, 0.05) is 24.5 Å². The summed E-state index contributed by atoms with van der Waals surface area (Å²) in [6, 6.07) is 15.8. The van der Waals surface area contributed by atoms with E-state index in [-0.39, 0.29) is 11.5 Å². The molecule has 0 radical (unpaired) electrons. The number of carbonyl (C=O) groups is 1. The monoisotopic (exact) mass is 345 g/mol. The zero-order valence-electron chi connectivity index (χ0n) is 15.2. The summed E-state index contributed by atoms with van der Waals surface area (Å²) in [6.07, 6.45) is 4.10. The highest BCUT2D eigenvalue weighted by molar-refractivity contribution is 6.09. The molecule has 0 aromatic heterocycles. The van der Waals surface area contributed by atoms with Gasteiger partial charge in [-0.05, 0) is 73.7 Å². The smallest absolute Gasteiger partial charge is 0.266 e. The first-order valence-electron chi connectivity index (χ1n) is 8.91. The van der Waals surface area contributed by atoms with Gasteiger partial charge in [-0.15, -0.1) is 0 Å². The largest absolute Gasteiger partial charge is 0.372 e. The predicted molar refractivity (Wildman–Crippen MR) is 106 cm³/mol. The molecule has 2 aromatic carbocycles. The van der Waals surface area contributed by atoms with Crippen molar-refractivity contribution in [3.05, 3.63) is 64.7 Å². The highest BCUT2D eigenvalue weighted by Crippen LogP contribution is 2.21. The minimum atomic E-state index is -0.388. The summed E-state index contributed by atoms with van der Waals surface area (Å²) in [5.74, 6) is -0.388. The highest BCUT2D eigenvalue weighted by atomic mass is 16.1. The van der Waals surface area contributed by atoms with Crippen molar-refractivity contribution in [2.45, 2.75) is 26.7 Å². The first kappa shape index (κ1) is 17.8. The van der Waals surface area contributed by atoms with Crippen LogP contribution in [-0.4, -0.2) is 19.0 Å². The molecule has 0 spiro atoms. The van der Waals surface area contributed by atoms with E-state index >= 15 is 0 Å². The maximum absolute atomic E-state index is 12.4. The van der Waals surface area contributed by atoms with E-state index in [1.54, 1.807) is 6.08 Å². The molecule has 0 saturated carbocycles. The van der Waals surface area contributed by atoms with Gasteiger partial charge in [0.15, 0.2) is 0 Å². The van der Waals surface area contributed by atoms with E-state index in [0.29, 0.717) is 5.69 Å². The van der Waals surface area contributed by atoms with Crippen LogP contribution in [0.4, 0.5) is 11.4 Å². The Morgan fingerprint density at radius 2 is 1.69 bits per heavy atom. The number of amides is 1. The first-order valence-corrected chi connectivity index (χ1v) is 8.91. The molecular weight excluding hydrogens is 322 g/mol. The Balaban J connectivity index is 1.74. The molecule has 1 amide bonds. The molecule has 2 aromatic rings. The van der Waals surface area contributed by atoms with Crippen molar-refractivity contribution in [3.8, 4) is 6.07 Å². The second-order valence-corrected chi connectivity index (χ2v) is 6.79. The number of nitriles is 1. The molecule has 4 nitrogen and oxygen atoms in total. The quantitative estimate of drug-likeness (QED) is 0.658. The fraction of sp³-hybridized carbons (Fsp3) is 0.273. The Labute approximate surface area is 154 Å². The van der Waals surface area contributed by atoms with Gasteiger partial charge in [-0.1, -0.05) is 18.2 Å². The zero-order valence-corrected chi connectivity index (χ0v) is 15.2. The number of nitrogens with zero attached hydrogens (tertiary/aromatic N) is 2. The molecule has 26 heavy (non-hydrogen) atoms. The standard InChI is InChI=1S/C22H23N3O/c1-16-11-17(2)13-20(12-16)24-22(26)19(15-23)14-18-5-7-21(8-6-18)25-9-3-4-10-25/h5-8,11-14H,3-4,9-10H2,1-2H3,(H,24,26)/b19-14-. The van der Waals surface area contributed by atoms with Crippen LogP contribution in [0.2, 0.25) is 0 Å². The molecule has 0 atom stereocenters. The topological polar surface area (TPSA) is 56.1 Å². The summed E-state index contributed by atoms with van der Waals surface area (Å²) < 4.78 is 0. The van der Waals surface area contributed by atoms with Gasteiger partial charge in [0.1, 0.15) is 11.6 Å². The minimum absolute atomic E-state index is 0.0954. The van der Waals surface area contributed by atoms with E-state index < -0.39 is 0 Å². The van der Waals surface area contributed by atoms with Crippen LogP contribution in [0, 0.1) is 25.2 Å². The first-order chi connectivity index (χ1) is 12.5. The number of hydrogen-bond donors (Lipinski definition) is 1. The van der Waals surface area contributed by atoms with E-state index in [2.05, 4.69) is 10.2 Å². The van der Waals surface area contributed by atoms with Gasteiger partial charge in [0.05, 0.1) is 0 Å². The van der Waals surface area contributed by atoms with E-state index in [1.807, 2.05) is 62.4 Å². The molecule has 1 N–H and O–H groups in total. The Morgan fingerprint density at radius 1 is 1.08 bits per heavy atom. The molecule has 1 saturated heterocycles. The van der Waals surface area contributed by atoms with Gasteiger partial charge in [0.25, 0.3) is 5.91 Å². The molecule has 0 aliphatic carbocycles. The molecule has 1 heterocycles. The van der Waals surface area contributed by atoms with E-state index in [4.69, 9.17) is 0 Å². The van der Waals surface area contributed by atoms with Crippen molar-refractivity contribution in [3.63, 3.8) is 0 Å². The lowest BCUT2D eigenvalue weighted by Gasteiger charge is -2.17. The lowest BCUT2D eigenvalue weighted by atomic mass is 10.1. The van der Waals surface area contributed by atoms with Crippen molar-refractivity contribution in [2.24, 2.45) is 0 Å². The fourth-order valence-electron chi connectivity index (χ4n) is 3.32. The van der Waals surface area contributed by atoms with E-state index in [0.717, 1.165) is 29.8 Å². The van der Waals surface area contributed by atoms with E-state index in [9.17, 15) is 10.1 Å². The lowest BCUT2D eigenvalue weighted by molar-refractivity contribution is -0.112. The molecule has 4 heteroatoms. The van der Waals surface area contributed by atoms with Gasteiger partial charge in [-0.2, -0.15) is 5.26 Å². The Kier molecular flexibility index (Phi) is 5.38. The third kappa shape index (κ3) is 4.31. The summed E-state index contributed by atoms with van der Waals surface area (Å²) >= 11 is 0. The Hall–Kier alpha value is -3.06. The third-order valence-corrected chi connectivity index (χ3v) is 4.52. The highest BCUT2D eigenvalue weighted by Gasteiger charge is 2.13. The van der Waals surface area contributed by atoms with Gasteiger partial charge in [-0.25, -0.2) is 0 Å². The van der Waals surface area contributed by atoms with Crippen LogP contribution >= 0.6 is 0 Å². The van der Waals surface area contributed by atoms with Crippen molar-refractivity contribution >= 4 is 23.4 Å². The SMILES string of the molecule is Cc1cc(C)cc(NC(=O)/C(C#N)=C\c2ccc(N3CCCC3)cc2)c1. The van der Waals surface area contributed by atoms with Crippen LogP contribution in [-0.2, 0) is 4.79 Å². The fourth-order valence-corrected chi connectivity index (χ4v) is 3.32. The number of aryl methyl sites for hydroxylation is 2. The van der Waals surface area contributed by atoms with Crippen LogP contribution < -0.4 is 10.2 Å². The van der Waals surface area contributed by atoms with Gasteiger partial charge < -0.3 is 10.2 Å². The number of anilines is 2. The summed E-state index contributed by atoms with van der Waals surface area (Å²) in [6.45, 7) is 6.14. The maximum atomic E-state index is 12.4. The number of rotatable bonds is 4. The van der Waals surface area contributed by atoms with Crippen LogP contribution in [0.15, 0.2) is 48.0 Å². The van der Waals surface area contributed by atoms with Crippen LogP contribution in [0.3, 0.4) is 0 Å².